The lowest BCUT2D eigenvalue weighted by Gasteiger charge is -2.34. The van der Waals surface area contributed by atoms with E-state index in [1.165, 1.54) is 17.9 Å². The molecular formula is C16H18Cl2N2O4. The second-order valence-corrected chi connectivity index (χ2v) is 6.46. The van der Waals surface area contributed by atoms with Gasteiger partial charge in [0.05, 0.1) is 15.6 Å². The average molecular weight is 373 g/mol. The minimum atomic E-state index is -1.03. The van der Waals surface area contributed by atoms with Gasteiger partial charge in [-0.2, -0.15) is 0 Å². The molecule has 1 fully saturated rings. The number of piperidine rings is 1. The van der Waals surface area contributed by atoms with Crippen molar-refractivity contribution in [1.82, 2.24) is 10.2 Å². The lowest BCUT2D eigenvalue weighted by atomic mass is 10.0. The third kappa shape index (κ3) is 3.99. The molecule has 0 radical (unpaired) electrons. The third-order valence-electron chi connectivity index (χ3n) is 3.99. The minimum absolute atomic E-state index is 0.109. The summed E-state index contributed by atoms with van der Waals surface area (Å²) in [6.45, 7) is 1.89. The zero-order valence-corrected chi connectivity index (χ0v) is 14.6. The summed E-state index contributed by atoms with van der Waals surface area (Å²) in [5, 5.41) is 12.2. The van der Waals surface area contributed by atoms with Crippen LogP contribution >= 0.6 is 23.2 Å². The van der Waals surface area contributed by atoms with E-state index in [1.807, 2.05) is 0 Å². The highest BCUT2D eigenvalue weighted by atomic mass is 35.5. The van der Waals surface area contributed by atoms with Gasteiger partial charge in [0.25, 0.3) is 5.91 Å². The van der Waals surface area contributed by atoms with Gasteiger partial charge >= 0.3 is 5.97 Å². The Bertz CT molecular complexity index is 665. The van der Waals surface area contributed by atoms with E-state index in [4.69, 9.17) is 23.2 Å². The van der Waals surface area contributed by atoms with Gasteiger partial charge in [-0.25, -0.2) is 4.79 Å². The lowest BCUT2D eigenvalue weighted by molar-refractivity contribution is -0.152. The number of carboxylic acids is 1. The molecule has 1 aliphatic heterocycles. The van der Waals surface area contributed by atoms with Crippen molar-refractivity contribution in [2.45, 2.75) is 38.3 Å². The lowest BCUT2D eigenvalue weighted by Crippen LogP contribution is -2.54. The highest BCUT2D eigenvalue weighted by Crippen LogP contribution is 2.25. The molecule has 8 heteroatoms. The molecule has 24 heavy (non-hydrogen) atoms. The number of hydrogen-bond donors (Lipinski definition) is 2. The number of rotatable bonds is 4. The smallest absolute Gasteiger partial charge is 0.326 e. The van der Waals surface area contributed by atoms with E-state index in [9.17, 15) is 19.5 Å². The second kappa shape index (κ2) is 7.85. The van der Waals surface area contributed by atoms with Crippen LogP contribution in [0.3, 0.4) is 0 Å². The van der Waals surface area contributed by atoms with Crippen molar-refractivity contribution in [3.63, 3.8) is 0 Å². The van der Waals surface area contributed by atoms with Crippen molar-refractivity contribution in [3.05, 3.63) is 33.8 Å². The Hall–Kier alpha value is -1.79. The molecule has 1 saturated heterocycles. The predicted octanol–water partition coefficient (Wildman–Crippen LogP) is 2.58. The third-order valence-corrected chi connectivity index (χ3v) is 4.80. The first kappa shape index (κ1) is 18.5. The number of carboxylic acid groups (broad SMARTS) is 1. The Morgan fingerprint density at radius 2 is 2.00 bits per heavy atom. The van der Waals surface area contributed by atoms with E-state index in [1.54, 1.807) is 12.1 Å². The maximum atomic E-state index is 12.5. The van der Waals surface area contributed by atoms with Crippen molar-refractivity contribution in [1.29, 1.82) is 0 Å². The first-order chi connectivity index (χ1) is 11.3. The summed E-state index contributed by atoms with van der Waals surface area (Å²) in [7, 11) is 0. The van der Waals surface area contributed by atoms with Gasteiger partial charge in [-0.3, -0.25) is 9.59 Å². The normalized spacial score (nSPS) is 18.8. The molecule has 130 valence electrons. The fourth-order valence-corrected chi connectivity index (χ4v) is 3.10. The summed E-state index contributed by atoms with van der Waals surface area (Å²) in [4.78, 5) is 37.4. The van der Waals surface area contributed by atoms with Crippen LogP contribution in [0.15, 0.2) is 18.2 Å². The number of aliphatic carboxylic acids is 1. The van der Waals surface area contributed by atoms with Crippen LogP contribution in [-0.2, 0) is 9.59 Å². The SMILES string of the molecule is C[C@@H](NC(=O)c1cccc(Cl)c1Cl)C(=O)N1CCCC[C@H]1C(=O)O. The summed E-state index contributed by atoms with van der Waals surface area (Å²) in [6, 6.07) is 2.93. The van der Waals surface area contributed by atoms with Crippen LogP contribution in [0.1, 0.15) is 36.5 Å². The molecule has 0 saturated carbocycles. The van der Waals surface area contributed by atoms with Gasteiger partial charge in [0.15, 0.2) is 0 Å². The summed E-state index contributed by atoms with van der Waals surface area (Å²) < 4.78 is 0. The molecule has 6 nitrogen and oxygen atoms in total. The van der Waals surface area contributed by atoms with Crippen LogP contribution in [0.5, 0.6) is 0 Å². The number of nitrogens with zero attached hydrogens (tertiary/aromatic N) is 1. The second-order valence-electron chi connectivity index (χ2n) is 5.68. The Morgan fingerprint density at radius 3 is 2.67 bits per heavy atom. The number of carbonyl (C=O) groups excluding carboxylic acids is 2. The summed E-state index contributed by atoms with van der Waals surface area (Å²) in [5.74, 6) is -1.99. The monoisotopic (exact) mass is 372 g/mol. The zero-order chi connectivity index (χ0) is 17.9. The maximum absolute atomic E-state index is 12.5. The molecule has 2 N–H and O–H groups in total. The number of amides is 2. The van der Waals surface area contributed by atoms with Crippen LogP contribution in [0.4, 0.5) is 0 Å². The number of nitrogens with one attached hydrogen (secondary N) is 1. The minimum Gasteiger partial charge on any atom is -0.480 e. The standard InChI is InChI=1S/C16H18Cl2N2O4/c1-9(15(22)20-8-3-2-7-12(20)16(23)24)19-14(21)10-5-4-6-11(17)13(10)18/h4-6,9,12H,2-3,7-8H2,1H3,(H,19,21)(H,23,24)/t9-,12+/m1/s1. The molecule has 1 aliphatic rings. The summed E-state index contributed by atoms with van der Waals surface area (Å²) in [6.07, 6.45) is 1.93. The van der Waals surface area contributed by atoms with Gasteiger partial charge in [-0.15, -0.1) is 0 Å². The molecule has 2 amide bonds. The van der Waals surface area contributed by atoms with E-state index in [2.05, 4.69) is 5.32 Å². The number of likely N-dealkylation sites (tertiary alicyclic amines) is 1. The van der Waals surface area contributed by atoms with E-state index in [0.29, 0.717) is 13.0 Å². The van der Waals surface area contributed by atoms with Gasteiger partial charge in [-0.1, -0.05) is 29.3 Å². The van der Waals surface area contributed by atoms with Crippen LogP contribution in [0.2, 0.25) is 10.0 Å². The van der Waals surface area contributed by atoms with E-state index >= 15 is 0 Å². The van der Waals surface area contributed by atoms with Gasteiger partial charge in [0.1, 0.15) is 12.1 Å². The van der Waals surface area contributed by atoms with E-state index in [0.717, 1.165) is 12.8 Å². The van der Waals surface area contributed by atoms with Crippen LogP contribution in [0.25, 0.3) is 0 Å². The molecular weight excluding hydrogens is 355 g/mol. The largest absolute Gasteiger partial charge is 0.480 e. The van der Waals surface area contributed by atoms with Gasteiger partial charge in [0, 0.05) is 6.54 Å². The van der Waals surface area contributed by atoms with Crippen molar-refractivity contribution >= 4 is 41.0 Å². The fourth-order valence-electron chi connectivity index (χ4n) is 2.72. The highest BCUT2D eigenvalue weighted by molar-refractivity contribution is 6.43. The predicted molar refractivity (Wildman–Crippen MR) is 90.4 cm³/mol. The van der Waals surface area contributed by atoms with Crippen molar-refractivity contribution in [2.75, 3.05) is 6.54 Å². The van der Waals surface area contributed by atoms with Crippen molar-refractivity contribution in [3.8, 4) is 0 Å². The van der Waals surface area contributed by atoms with E-state index in [-0.39, 0.29) is 15.6 Å². The highest BCUT2D eigenvalue weighted by Gasteiger charge is 2.34. The zero-order valence-electron chi connectivity index (χ0n) is 13.1. The molecule has 1 aromatic rings. The molecule has 1 aromatic carbocycles. The Morgan fingerprint density at radius 1 is 1.29 bits per heavy atom. The Labute approximate surface area is 149 Å². The number of hydrogen-bond acceptors (Lipinski definition) is 3. The molecule has 0 aliphatic carbocycles. The number of halogens is 2. The molecule has 2 atom stereocenters. The maximum Gasteiger partial charge on any atom is 0.326 e. The Kier molecular flexibility index (Phi) is 6.07. The first-order valence-corrected chi connectivity index (χ1v) is 8.36. The summed E-state index contributed by atoms with van der Waals surface area (Å²) in [5.41, 5.74) is 0.164. The quantitative estimate of drug-likeness (QED) is 0.850. The Balaban J connectivity index is 2.09. The first-order valence-electron chi connectivity index (χ1n) is 7.61. The molecule has 0 aromatic heterocycles. The van der Waals surface area contributed by atoms with Crippen LogP contribution < -0.4 is 5.32 Å². The van der Waals surface area contributed by atoms with Gasteiger partial charge in [0.2, 0.25) is 5.91 Å². The van der Waals surface area contributed by atoms with Crippen molar-refractivity contribution < 1.29 is 19.5 Å². The molecule has 0 spiro atoms. The number of benzene rings is 1. The van der Waals surface area contributed by atoms with Crippen LogP contribution in [0, 0.1) is 0 Å². The van der Waals surface area contributed by atoms with Gasteiger partial charge < -0.3 is 15.3 Å². The molecule has 2 rings (SSSR count). The fraction of sp³-hybridized carbons (Fsp3) is 0.438. The van der Waals surface area contributed by atoms with Crippen LogP contribution in [-0.4, -0.2) is 46.4 Å². The molecule has 0 bridgehead atoms. The molecule has 1 heterocycles. The average Bonchev–Trinajstić information content (AvgIpc) is 2.56. The van der Waals surface area contributed by atoms with Gasteiger partial charge in [-0.05, 0) is 38.3 Å². The van der Waals surface area contributed by atoms with Crippen molar-refractivity contribution in [2.24, 2.45) is 0 Å². The summed E-state index contributed by atoms with van der Waals surface area (Å²) >= 11 is 11.9. The number of carbonyl (C=O) groups is 3. The topological polar surface area (TPSA) is 86.7 Å². The molecule has 0 unspecified atom stereocenters. The van der Waals surface area contributed by atoms with E-state index < -0.39 is 29.9 Å².